The van der Waals surface area contributed by atoms with Crippen LogP contribution in [-0.4, -0.2) is 11.2 Å². The average molecular weight is 231 g/mol. The molecule has 0 aliphatic rings. The van der Waals surface area contributed by atoms with Crippen LogP contribution in [0.3, 0.4) is 0 Å². The summed E-state index contributed by atoms with van der Waals surface area (Å²) in [6.45, 7) is 2.07. The van der Waals surface area contributed by atoms with Gasteiger partial charge < -0.3 is 5.11 Å². The van der Waals surface area contributed by atoms with Gasteiger partial charge in [0.25, 0.3) is 6.20 Å². The first-order valence-electron chi connectivity index (χ1n) is 5.37. The minimum Gasteiger partial charge on any atom is -0.862 e. The molecular formula is C12H13N3O2. The van der Waals surface area contributed by atoms with Crippen molar-refractivity contribution in [2.24, 2.45) is 4.99 Å². The maximum atomic E-state index is 10.7. The maximum absolute atomic E-state index is 10.7. The number of hydrogen-bond donors (Lipinski definition) is 0. The molecule has 0 atom stereocenters. The van der Waals surface area contributed by atoms with E-state index in [9.17, 15) is 5.11 Å². The van der Waals surface area contributed by atoms with E-state index >= 15 is 0 Å². The zero-order chi connectivity index (χ0) is 12.1. The third-order valence-corrected chi connectivity index (χ3v) is 2.24. The summed E-state index contributed by atoms with van der Waals surface area (Å²) in [5.74, 6) is -0.0538. The van der Waals surface area contributed by atoms with Crippen molar-refractivity contribution in [3.63, 3.8) is 0 Å². The first kappa shape index (κ1) is 11.3. The molecule has 0 unspecified atom stereocenters. The highest BCUT2D eigenvalue weighted by Crippen LogP contribution is 2.05. The lowest BCUT2D eigenvalue weighted by Crippen LogP contribution is -2.35. The molecule has 0 spiro atoms. The first-order valence-corrected chi connectivity index (χ1v) is 5.37. The molecule has 2 rings (SSSR count). The van der Waals surface area contributed by atoms with Crippen LogP contribution < -0.4 is 9.79 Å². The first-order chi connectivity index (χ1) is 8.24. The van der Waals surface area contributed by atoms with Gasteiger partial charge in [-0.15, -0.1) is 0 Å². The van der Waals surface area contributed by atoms with Crippen molar-refractivity contribution in [2.45, 2.75) is 19.9 Å². The molecule has 2 aromatic rings. The van der Waals surface area contributed by atoms with Crippen LogP contribution in [0.15, 0.2) is 46.0 Å². The predicted molar refractivity (Wildman–Crippen MR) is 59.6 cm³/mol. The summed E-state index contributed by atoms with van der Waals surface area (Å²) in [5, 5.41) is 14.5. The van der Waals surface area contributed by atoms with Crippen LogP contribution in [0.5, 0.6) is 0 Å². The van der Waals surface area contributed by atoms with Gasteiger partial charge in [-0.1, -0.05) is 35.0 Å². The third-order valence-electron chi connectivity index (χ3n) is 2.24. The lowest BCUT2D eigenvalue weighted by molar-refractivity contribution is -0.761. The van der Waals surface area contributed by atoms with Crippen LogP contribution in [-0.2, 0) is 13.0 Å². The van der Waals surface area contributed by atoms with Crippen LogP contribution >= 0.6 is 0 Å². The Hall–Kier alpha value is -2.17. The van der Waals surface area contributed by atoms with E-state index in [-0.39, 0.29) is 11.8 Å². The molecular weight excluding hydrogens is 218 g/mol. The normalized spacial score (nSPS) is 11.7. The Morgan fingerprint density at radius 2 is 2.18 bits per heavy atom. The number of aryl methyl sites for hydroxylation is 2. The summed E-state index contributed by atoms with van der Waals surface area (Å²) < 4.78 is 6.52. The Balaban J connectivity index is 1.96. The topological polar surface area (TPSA) is 65.3 Å². The molecule has 0 bridgehead atoms. The fourth-order valence-corrected chi connectivity index (χ4v) is 1.47. The van der Waals surface area contributed by atoms with E-state index in [1.165, 1.54) is 12.5 Å². The molecule has 88 valence electrons. The second-order valence-corrected chi connectivity index (χ2v) is 3.67. The summed E-state index contributed by atoms with van der Waals surface area (Å²) in [6, 6.07) is 10.1. The van der Waals surface area contributed by atoms with E-state index < -0.39 is 0 Å². The molecule has 1 aromatic heterocycles. The summed E-state index contributed by atoms with van der Waals surface area (Å²) in [6.07, 6.45) is 2.47. The van der Waals surface area contributed by atoms with E-state index in [0.717, 1.165) is 6.42 Å². The second kappa shape index (κ2) is 5.25. The average Bonchev–Trinajstić information content (AvgIpc) is 2.75. The SMILES string of the molecule is C/C([O-])=N/c1c[n+](CCc2ccccc2)no1. The standard InChI is InChI=1S/C12H13N3O2/c1-10(16)13-12-9-15(14-17-12)8-7-11-5-3-2-4-6-11/h2-6,9H,7-8H2,1H3. The molecule has 17 heavy (non-hydrogen) atoms. The second-order valence-electron chi connectivity index (χ2n) is 3.67. The highest BCUT2D eigenvalue weighted by atomic mass is 16.5. The summed E-state index contributed by atoms with van der Waals surface area (Å²) in [5.41, 5.74) is 1.23. The predicted octanol–water partition coefficient (Wildman–Crippen LogP) is 0.615. The van der Waals surface area contributed by atoms with Crippen LogP contribution in [0, 0.1) is 0 Å². The van der Waals surface area contributed by atoms with E-state index in [1.807, 2.05) is 18.2 Å². The molecule has 1 heterocycles. The Bertz CT molecular complexity index is 501. The molecule has 0 saturated heterocycles. The minimum atomic E-state index is -0.295. The molecule has 0 aliphatic carbocycles. The van der Waals surface area contributed by atoms with Crippen LogP contribution in [0.1, 0.15) is 12.5 Å². The molecule has 1 aromatic carbocycles. The highest BCUT2D eigenvalue weighted by molar-refractivity contribution is 5.70. The molecule has 5 heteroatoms. The summed E-state index contributed by atoms with van der Waals surface area (Å²) in [4.78, 5) is 3.65. The Kier molecular flexibility index (Phi) is 3.49. The molecule has 0 amide bonds. The Morgan fingerprint density at radius 1 is 1.41 bits per heavy atom. The quantitative estimate of drug-likeness (QED) is 0.440. The molecule has 0 radical (unpaired) electrons. The number of aromatic nitrogens is 2. The lowest BCUT2D eigenvalue weighted by Gasteiger charge is -1.95. The zero-order valence-corrected chi connectivity index (χ0v) is 9.54. The molecule has 5 nitrogen and oxygen atoms in total. The van der Waals surface area contributed by atoms with Crippen molar-refractivity contribution in [1.29, 1.82) is 0 Å². The Labute approximate surface area is 99.0 Å². The van der Waals surface area contributed by atoms with Gasteiger partial charge in [0, 0.05) is 6.42 Å². The van der Waals surface area contributed by atoms with Crippen LogP contribution in [0.4, 0.5) is 5.88 Å². The van der Waals surface area contributed by atoms with Gasteiger partial charge >= 0.3 is 5.88 Å². The van der Waals surface area contributed by atoms with Gasteiger partial charge in [0.1, 0.15) is 0 Å². The third kappa shape index (κ3) is 3.41. The molecule has 0 N–H and O–H groups in total. The van der Waals surface area contributed by atoms with Gasteiger partial charge in [0.15, 0.2) is 6.54 Å². The Morgan fingerprint density at radius 3 is 2.88 bits per heavy atom. The zero-order valence-electron chi connectivity index (χ0n) is 9.54. The van der Waals surface area contributed by atoms with Crippen molar-refractivity contribution in [3.8, 4) is 0 Å². The van der Waals surface area contributed by atoms with E-state index in [4.69, 9.17) is 4.52 Å². The van der Waals surface area contributed by atoms with Gasteiger partial charge in [-0.25, -0.2) is 4.99 Å². The number of benzene rings is 1. The molecule has 0 saturated carbocycles. The van der Waals surface area contributed by atoms with E-state index in [2.05, 4.69) is 22.4 Å². The van der Waals surface area contributed by atoms with Gasteiger partial charge in [-0.05, 0) is 18.4 Å². The van der Waals surface area contributed by atoms with Gasteiger partial charge in [-0.3, -0.25) is 4.52 Å². The van der Waals surface area contributed by atoms with Crippen LogP contribution in [0.25, 0.3) is 0 Å². The summed E-state index contributed by atoms with van der Waals surface area (Å²) >= 11 is 0. The maximum Gasteiger partial charge on any atom is 0.320 e. The van der Waals surface area contributed by atoms with E-state index in [0.29, 0.717) is 6.54 Å². The van der Waals surface area contributed by atoms with Crippen molar-refractivity contribution < 1.29 is 14.3 Å². The largest absolute Gasteiger partial charge is 0.862 e. The smallest absolute Gasteiger partial charge is 0.320 e. The van der Waals surface area contributed by atoms with Crippen LogP contribution in [0.2, 0.25) is 0 Å². The van der Waals surface area contributed by atoms with Crippen molar-refractivity contribution in [2.75, 3.05) is 0 Å². The van der Waals surface area contributed by atoms with Gasteiger partial charge in [-0.2, -0.15) is 0 Å². The number of rotatable bonds is 4. The van der Waals surface area contributed by atoms with Crippen molar-refractivity contribution >= 4 is 11.8 Å². The monoisotopic (exact) mass is 231 g/mol. The fourth-order valence-electron chi connectivity index (χ4n) is 1.47. The molecule has 0 aliphatic heterocycles. The number of aliphatic imine (C=N–C) groups is 1. The number of nitrogens with zero attached hydrogens (tertiary/aromatic N) is 3. The highest BCUT2D eigenvalue weighted by Gasteiger charge is 2.09. The van der Waals surface area contributed by atoms with E-state index in [1.54, 1.807) is 10.9 Å². The summed E-state index contributed by atoms with van der Waals surface area (Å²) in [7, 11) is 0. The van der Waals surface area contributed by atoms with Crippen molar-refractivity contribution in [3.05, 3.63) is 42.1 Å². The molecule has 0 fully saturated rings. The fraction of sp³-hybridized carbons (Fsp3) is 0.250. The van der Waals surface area contributed by atoms with Gasteiger partial charge in [0.2, 0.25) is 5.27 Å². The van der Waals surface area contributed by atoms with Gasteiger partial charge in [0.05, 0.1) is 0 Å². The lowest BCUT2D eigenvalue weighted by atomic mass is 10.1. The number of hydrogen-bond acceptors (Lipinski definition) is 4. The van der Waals surface area contributed by atoms with Crippen molar-refractivity contribution in [1.82, 2.24) is 5.27 Å². The minimum absolute atomic E-state index is 0.241.